The fourth-order valence-corrected chi connectivity index (χ4v) is 4.11. The largest absolute Gasteiger partial charge is 0.490 e. The summed E-state index contributed by atoms with van der Waals surface area (Å²) in [7, 11) is 0. The number of hydrogen-bond donors (Lipinski definition) is 1. The predicted octanol–water partition coefficient (Wildman–Crippen LogP) is 5.08. The van der Waals surface area contributed by atoms with Gasteiger partial charge in [0.1, 0.15) is 6.61 Å². The zero-order valence-corrected chi connectivity index (χ0v) is 20.1. The van der Waals surface area contributed by atoms with Gasteiger partial charge in [-0.3, -0.25) is 4.79 Å². The monoisotopic (exact) mass is 504 g/mol. The molecule has 9 heteroatoms. The first-order valence-corrected chi connectivity index (χ1v) is 11.7. The fourth-order valence-electron chi connectivity index (χ4n) is 2.89. The van der Waals surface area contributed by atoms with Crippen molar-refractivity contribution < 1.29 is 14.3 Å². The fraction of sp³-hybridized carbons (Fsp3) is 0.318. The predicted molar refractivity (Wildman–Crippen MR) is 126 cm³/mol. The standard InChI is InChI=1S/C22H25BrN4O3S/c1-4-27-20(13-30-18-10-9-15(3)11-19(18)29-5-2)25-26-22(27)31-14-21(28)24-17-8-6-7-16(23)12-17/h6-12H,4-5,13-14H2,1-3H3,(H,24,28). The van der Waals surface area contributed by atoms with Gasteiger partial charge in [-0.1, -0.05) is 39.8 Å². The van der Waals surface area contributed by atoms with Crippen molar-refractivity contribution in [2.45, 2.75) is 39.1 Å². The van der Waals surface area contributed by atoms with Crippen molar-refractivity contribution in [1.82, 2.24) is 14.8 Å². The molecule has 0 aliphatic heterocycles. The second kappa shape index (κ2) is 11.2. The van der Waals surface area contributed by atoms with Gasteiger partial charge in [-0.2, -0.15) is 0 Å². The Morgan fingerprint density at radius 2 is 1.97 bits per heavy atom. The number of aromatic nitrogens is 3. The number of nitrogens with one attached hydrogen (secondary N) is 1. The molecule has 1 heterocycles. The van der Waals surface area contributed by atoms with Gasteiger partial charge in [0.15, 0.2) is 22.5 Å². The molecule has 1 amide bonds. The van der Waals surface area contributed by atoms with E-state index in [1.54, 1.807) is 0 Å². The van der Waals surface area contributed by atoms with Gasteiger partial charge >= 0.3 is 0 Å². The number of anilines is 1. The van der Waals surface area contributed by atoms with Gasteiger partial charge in [0.05, 0.1) is 12.4 Å². The van der Waals surface area contributed by atoms with Crippen LogP contribution in [0.5, 0.6) is 11.5 Å². The van der Waals surface area contributed by atoms with E-state index in [-0.39, 0.29) is 18.3 Å². The lowest BCUT2D eigenvalue weighted by Gasteiger charge is -2.13. The minimum absolute atomic E-state index is 0.104. The molecule has 3 aromatic rings. The van der Waals surface area contributed by atoms with Crippen LogP contribution < -0.4 is 14.8 Å². The number of ether oxygens (including phenoxy) is 2. The summed E-state index contributed by atoms with van der Waals surface area (Å²) < 4.78 is 14.5. The van der Waals surface area contributed by atoms with Gasteiger partial charge in [-0.25, -0.2) is 0 Å². The average Bonchev–Trinajstić information content (AvgIpc) is 3.14. The first kappa shape index (κ1) is 23.1. The Morgan fingerprint density at radius 1 is 1.13 bits per heavy atom. The van der Waals surface area contributed by atoms with Crippen LogP contribution >= 0.6 is 27.7 Å². The number of aryl methyl sites for hydroxylation is 1. The Kier molecular flexibility index (Phi) is 8.36. The van der Waals surface area contributed by atoms with Crippen molar-refractivity contribution in [3.63, 3.8) is 0 Å². The number of carbonyl (C=O) groups excluding carboxylic acids is 1. The number of nitrogens with zero attached hydrogens (tertiary/aromatic N) is 3. The van der Waals surface area contributed by atoms with Gasteiger partial charge in [0, 0.05) is 16.7 Å². The summed E-state index contributed by atoms with van der Waals surface area (Å²) >= 11 is 4.74. The molecule has 0 radical (unpaired) electrons. The van der Waals surface area contributed by atoms with E-state index in [0.29, 0.717) is 35.6 Å². The van der Waals surface area contributed by atoms with E-state index in [1.165, 1.54) is 11.8 Å². The molecule has 0 fully saturated rings. The van der Waals surface area contributed by atoms with Crippen LogP contribution in [0.1, 0.15) is 25.2 Å². The van der Waals surface area contributed by atoms with Crippen LogP contribution in [0.15, 0.2) is 52.1 Å². The second-order valence-corrected chi connectivity index (χ2v) is 8.52. The van der Waals surface area contributed by atoms with Crippen molar-refractivity contribution in [3.8, 4) is 11.5 Å². The molecule has 0 aliphatic rings. The highest BCUT2D eigenvalue weighted by atomic mass is 79.9. The van der Waals surface area contributed by atoms with Crippen LogP contribution in [0.3, 0.4) is 0 Å². The van der Waals surface area contributed by atoms with Crippen LogP contribution in [0.25, 0.3) is 0 Å². The first-order chi connectivity index (χ1) is 15.0. The maximum atomic E-state index is 12.3. The van der Waals surface area contributed by atoms with Crippen LogP contribution in [-0.2, 0) is 17.9 Å². The number of amides is 1. The molecule has 0 saturated carbocycles. The minimum Gasteiger partial charge on any atom is -0.490 e. The van der Waals surface area contributed by atoms with Crippen LogP contribution in [0, 0.1) is 6.92 Å². The summed E-state index contributed by atoms with van der Waals surface area (Å²) in [6, 6.07) is 13.3. The van der Waals surface area contributed by atoms with E-state index < -0.39 is 0 Å². The molecule has 0 atom stereocenters. The molecular formula is C22H25BrN4O3S. The molecule has 3 rings (SSSR count). The topological polar surface area (TPSA) is 78.3 Å². The third-order valence-electron chi connectivity index (χ3n) is 4.31. The molecule has 1 aromatic heterocycles. The first-order valence-electron chi connectivity index (χ1n) is 9.96. The Labute approximate surface area is 194 Å². The summed E-state index contributed by atoms with van der Waals surface area (Å²) in [5.41, 5.74) is 1.85. The molecule has 164 valence electrons. The van der Waals surface area contributed by atoms with Gasteiger partial charge in [0.2, 0.25) is 5.91 Å². The Morgan fingerprint density at radius 3 is 2.71 bits per heavy atom. The van der Waals surface area contributed by atoms with Crippen LogP contribution in [-0.4, -0.2) is 33.0 Å². The molecule has 0 unspecified atom stereocenters. The average molecular weight is 505 g/mol. The Bertz CT molecular complexity index is 1040. The van der Waals surface area contributed by atoms with Gasteiger partial charge in [-0.05, 0) is 56.7 Å². The number of thioether (sulfide) groups is 1. The lowest BCUT2D eigenvalue weighted by Crippen LogP contribution is -2.15. The van der Waals surface area contributed by atoms with E-state index >= 15 is 0 Å². The number of carbonyl (C=O) groups is 1. The highest BCUT2D eigenvalue weighted by Crippen LogP contribution is 2.29. The van der Waals surface area contributed by atoms with Gasteiger partial charge in [0.25, 0.3) is 0 Å². The molecule has 1 N–H and O–H groups in total. The lowest BCUT2D eigenvalue weighted by molar-refractivity contribution is -0.113. The van der Waals surface area contributed by atoms with Gasteiger partial charge in [-0.15, -0.1) is 10.2 Å². The Balaban J connectivity index is 1.61. The van der Waals surface area contributed by atoms with Gasteiger partial charge < -0.3 is 19.4 Å². The van der Waals surface area contributed by atoms with Crippen molar-refractivity contribution in [2.24, 2.45) is 0 Å². The molecule has 0 bridgehead atoms. The van der Waals surface area contributed by atoms with E-state index in [9.17, 15) is 4.79 Å². The summed E-state index contributed by atoms with van der Waals surface area (Å²) in [5, 5.41) is 12.1. The summed E-state index contributed by atoms with van der Waals surface area (Å²) in [5.74, 6) is 2.20. The quantitative estimate of drug-likeness (QED) is 0.388. The number of halogens is 1. The molecule has 7 nitrogen and oxygen atoms in total. The molecule has 0 spiro atoms. The summed E-state index contributed by atoms with van der Waals surface area (Å²) in [4.78, 5) is 12.3. The molecule has 0 aliphatic carbocycles. The number of rotatable bonds is 10. The molecule has 31 heavy (non-hydrogen) atoms. The highest BCUT2D eigenvalue weighted by molar-refractivity contribution is 9.10. The van der Waals surface area contributed by atoms with E-state index in [0.717, 1.165) is 15.7 Å². The third kappa shape index (κ3) is 6.48. The zero-order chi connectivity index (χ0) is 22.2. The molecular weight excluding hydrogens is 480 g/mol. The van der Waals surface area contributed by atoms with Crippen LogP contribution in [0.4, 0.5) is 5.69 Å². The highest BCUT2D eigenvalue weighted by Gasteiger charge is 2.15. The van der Waals surface area contributed by atoms with Crippen LogP contribution in [0.2, 0.25) is 0 Å². The van der Waals surface area contributed by atoms with Crippen molar-refractivity contribution >= 4 is 39.3 Å². The molecule has 0 saturated heterocycles. The van der Waals surface area contributed by atoms with Crippen molar-refractivity contribution in [2.75, 3.05) is 17.7 Å². The lowest BCUT2D eigenvalue weighted by atomic mass is 10.2. The number of benzene rings is 2. The second-order valence-electron chi connectivity index (χ2n) is 6.66. The maximum Gasteiger partial charge on any atom is 0.234 e. The summed E-state index contributed by atoms with van der Waals surface area (Å²) in [6.07, 6.45) is 0. The van der Waals surface area contributed by atoms with E-state index in [4.69, 9.17) is 9.47 Å². The van der Waals surface area contributed by atoms with E-state index in [2.05, 4.69) is 31.4 Å². The molecule has 2 aromatic carbocycles. The normalized spacial score (nSPS) is 10.7. The minimum atomic E-state index is -0.104. The Hall–Kier alpha value is -2.52. The maximum absolute atomic E-state index is 12.3. The SMILES string of the molecule is CCOc1cc(C)ccc1OCc1nnc(SCC(=O)Nc2cccc(Br)c2)n1CC. The third-order valence-corrected chi connectivity index (χ3v) is 5.77. The smallest absolute Gasteiger partial charge is 0.234 e. The summed E-state index contributed by atoms with van der Waals surface area (Å²) in [6.45, 7) is 7.46. The van der Waals surface area contributed by atoms with E-state index in [1.807, 2.05) is 67.8 Å². The van der Waals surface area contributed by atoms with Crippen molar-refractivity contribution in [3.05, 3.63) is 58.3 Å². The zero-order valence-electron chi connectivity index (χ0n) is 17.7. The number of hydrogen-bond acceptors (Lipinski definition) is 6. The van der Waals surface area contributed by atoms with Crippen molar-refractivity contribution in [1.29, 1.82) is 0 Å².